The van der Waals surface area contributed by atoms with E-state index in [2.05, 4.69) is 27.1 Å². The van der Waals surface area contributed by atoms with Crippen molar-refractivity contribution in [2.45, 2.75) is 39.9 Å². The third-order valence-electron chi connectivity index (χ3n) is 6.56. The van der Waals surface area contributed by atoms with Crippen molar-refractivity contribution in [1.82, 2.24) is 20.2 Å². The molecule has 3 aromatic heterocycles. The molecule has 0 unspecified atom stereocenters. The molecule has 0 fully saturated rings. The Kier molecular flexibility index (Phi) is 8.40. The standard InChI is InChI=1S/C34H30N4O5/c1-3-10-31-37-38-32(43-31)20-19-28-30(42-34(35-28)25-13-8-5-9-14-25)22-40-27-17-15-26(16-18-27)39-21-29-23(2)41-33(36-29)24-11-6-4-7-12-24/h4-9,11-20H,3,10,21-22H2,1-2H3/b20-19+. The van der Waals surface area contributed by atoms with Gasteiger partial charge in [-0.1, -0.05) is 43.3 Å². The molecule has 0 spiro atoms. The summed E-state index contributed by atoms with van der Waals surface area (Å²) in [5.74, 6) is 4.74. The van der Waals surface area contributed by atoms with Gasteiger partial charge in [0.1, 0.15) is 41.9 Å². The molecule has 0 atom stereocenters. The largest absolute Gasteiger partial charge is 0.487 e. The van der Waals surface area contributed by atoms with E-state index in [1.807, 2.05) is 91.9 Å². The molecule has 0 bridgehead atoms. The van der Waals surface area contributed by atoms with Crippen molar-refractivity contribution >= 4 is 12.2 Å². The molecule has 43 heavy (non-hydrogen) atoms. The van der Waals surface area contributed by atoms with Crippen molar-refractivity contribution in [2.75, 3.05) is 0 Å². The van der Waals surface area contributed by atoms with Crippen molar-refractivity contribution in [2.24, 2.45) is 0 Å². The molecule has 3 aromatic carbocycles. The van der Waals surface area contributed by atoms with Crippen LogP contribution >= 0.6 is 0 Å². The summed E-state index contributed by atoms with van der Waals surface area (Å²) in [6.45, 7) is 4.41. The maximum Gasteiger partial charge on any atom is 0.240 e. The minimum Gasteiger partial charge on any atom is -0.487 e. The number of aromatic nitrogens is 4. The third kappa shape index (κ3) is 6.90. The van der Waals surface area contributed by atoms with E-state index in [4.69, 9.17) is 22.7 Å². The number of ether oxygens (including phenoxy) is 2. The highest BCUT2D eigenvalue weighted by Gasteiger charge is 2.15. The van der Waals surface area contributed by atoms with Gasteiger partial charge in [-0.2, -0.15) is 0 Å². The zero-order valence-corrected chi connectivity index (χ0v) is 23.9. The Morgan fingerprint density at radius 2 is 1.30 bits per heavy atom. The number of hydrogen-bond acceptors (Lipinski definition) is 9. The Bertz CT molecular complexity index is 1790. The molecule has 216 valence electrons. The Hall–Kier alpha value is -5.44. The highest BCUT2D eigenvalue weighted by Crippen LogP contribution is 2.27. The molecule has 0 N–H and O–H groups in total. The number of hydrogen-bond donors (Lipinski definition) is 0. The normalized spacial score (nSPS) is 11.3. The lowest BCUT2D eigenvalue weighted by Gasteiger charge is -2.07. The fourth-order valence-electron chi connectivity index (χ4n) is 4.30. The van der Waals surface area contributed by atoms with E-state index in [9.17, 15) is 0 Å². The minimum atomic E-state index is 0.172. The molecule has 0 aliphatic rings. The smallest absolute Gasteiger partial charge is 0.240 e. The van der Waals surface area contributed by atoms with Gasteiger partial charge in [-0.05, 0) is 68.0 Å². The van der Waals surface area contributed by atoms with Crippen LogP contribution in [-0.2, 0) is 19.6 Å². The van der Waals surface area contributed by atoms with Crippen LogP contribution in [0.5, 0.6) is 11.5 Å². The van der Waals surface area contributed by atoms with Crippen LogP contribution < -0.4 is 9.47 Å². The van der Waals surface area contributed by atoms with Crippen molar-refractivity contribution in [3.63, 3.8) is 0 Å². The van der Waals surface area contributed by atoms with Crippen LogP contribution in [-0.4, -0.2) is 20.2 Å². The molecule has 0 saturated heterocycles. The van der Waals surface area contributed by atoms with Crippen molar-refractivity contribution in [3.8, 4) is 34.4 Å². The summed E-state index contributed by atoms with van der Waals surface area (Å²) in [6, 6.07) is 26.9. The predicted molar refractivity (Wildman–Crippen MR) is 161 cm³/mol. The Morgan fingerprint density at radius 1 is 0.674 bits per heavy atom. The van der Waals surface area contributed by atoms with E-state index in [0.29, 0.717) is 53.1 Å². The van der Waals surface area contributed by atoms with Gasteiger partial charge in [0.2, 0.25) is 23.6 Å². The predicted octanol–water partition coefficient (Wildman–Crippen LogP) is 7.97. The number of oxazole rings is 2. The molecule has 0 aliphatic carbocycles. The van der Waals surface area contributed by atoms with Crippen LogP contribution in [0.25, 0.3) is 35.1 Å². The summed E-state index contributed by atoms with van der Waals surface area (Å²) in [5.41, 5.74) is 3.16. The first kappa shape index (κ1) is 27.7. The molecular formula is C34H30N4O5. The number of aryl methyl sites for hydroxylation is 2. The first-order chi connectivity index (χ1) is 21.1. The van der Waals surface area contributed by atoms with E-state index in [1.165, 1.54) is 0 Å². The molecule has 3 heterocycles. The summed E-state index contributed by atoms with van der Waals surface area (Å²) in [6.07, 6.45) is 5.19. The SMILES string of the molecule is CCCc1nnc(/C=C/c2nc(-c3ccccc3)oc2COc2ccc(OCc3nc(-c4ccccc4)oc3C)cc2)o1. The average Bonchev–Trinajstić information content (AvgIpc) is 3.78. The van der Waals surface area contributed by atoms with Gasteiger partial charge < -0.3 is 22.7 Å². The second-order valence-corrected chi connectivity index (χ2v) is 9.75. The van der Waals surface area contributed by atoms with Gasteiger partial charge in [-0.3, -0.25) is 0 Å². The molecular weight excluding hydrogens is 544 g/mol. The van der Waals surface area contributed by atoms with Crippen LogP contribution in [0.3, 0.4) is 0 Å². The number of nitrogens with zero attached hydrogens (tertiary/aromatic N) is 4. The zero-order valence-electron chi connectivity index (χ0n) is 23.9. The molecule has 6 aromatic rings. The summed E-state index contributed by atoms with van der Waals surface area (Å²) in [4.78, 5) is 9.29. The number of rotatable bonds is 12. The van der Waals surface area contributed by atoms with Crippen LogP contribution in [0.1, 0.15) is 48.0 Å². The molecule has 6 rings (SSSR count). The summed E-state index contributed by atoms with van der Waals surface area (Å²) < 4.78 is 29.6. The highest BCUT2D eigenvalue weighted by molar-refractivity contribution is 5.67. The molecule has 0 radical (unpaired) electrons. The third-order valence-corrected chi connectivity index (χ3v) is 6.56. The van der Waals surface area contributed by atoms with E-state index < -0.39 is 0 Å². The zero-order chi connectivity index (χ0) is 29.4. The maximum atomic E-state index is 6.12. The average molecular weight is 575 g/mol. The van der Waals surface area contributed by atoms with Gasteiger partial charge in [-0.25, -0.2) is 9.97 Å². The molecule has 0 amide bonds. The highest BCUT2D eigenvalue weighted by atomic mass is 16.5. The molecule has 9 heteroatoms. The fraction of sp³-hybridized carbons (Fsp3) is 0.176. The van der Waals surface area contributed by atoms with E-state index >= 15 is 0 Å². The van der Waals surface area contributed by atoms with E-state index in [-0.39, 0.29) is 6.61 Å². The second kappa shape index (κ2) is 13.0. The Labute approximate surface area is 248 Å². The number of benzene rings is 3. The molecule has 9 nitrogen and oxygen atoms in total. The van der Waals surface area contributed by atoms with Gasteiger partial charge in [0.05, 0.1) is 0 Å². The lowest BCUT2D eigenvalue weighted by Crippen LogP contribution is -1.98. The van der Waals surface area contributed by atoms with E-state index in [1.54, 1.807) is 12.2 Å². The monoisotopic (exact) mass is 574 g/mol. The van der Waals surface area contributed by atoms with Crippen LogP contribution in [0.4, 0.5) is 0 Å². The van der Waals surface area contributed by atoms with Crippen LogP contribution in [0, 0.1) is 6.92 Å². The first-order valence-electron chi connectivity index (χ1n) is 14.1. The topological polar surface area (TPSA) is 109 Å². The van der Waals surface area contributed by atoms with Gasteiger partial charge in [0.15, 0.2) is 5.76 Å². The Morgan fingerprint density at radius 3 is 1.95 bits per heavy atom. The fourth-order valence-corrected chi connectivity index (χ4v) is 4.30. The first-order valence-corrected chi connectivity index (χ1v) is 14.1. The summed E-state index contributed by atoms with van der Waals surface area (Å²) in [7, 11) is 0. The van der Waals surface area contributed by atoms with Crippen LogP contribution in [0.2, 0.25) is 0 Å². The van der Waals surface area contributed by atoms with Crippen molar-refractivity contribution in [1.29, 1.82) is 0 Å². The second-order valence-electron chi connectivity index (χ2n) is 9.75. The van der Waals surface area contributed by atoms with Crippen molar-refractivity contribution < 1.29 is 22.7 Å². The van der Waals surface area contributed by atoms with Gasteiger partial charge in [-0.15, -0.1) is 10.2 Å². The lowest BCUT2D eigenvalue weighted by atomic mass is 10.2. The summed E-state index contributed by atoms with van der Waals surface area (Å²) >= 11 is 0. The molecule has 0 saturated carbocycles. The van der Waals surface area contributed by atoms with Gasteiger partial charge >= 0.3 is 0 Å². The van der Waals surface area contributed by atoms with Crippen molar-refractivity contribution in [3.05, 3.63) is 120 Å². The van der Waals surface area contributed by atoms with Gasteiger partial charge in [0.25, 0.3) is 0 Å². The van der Waals surface area contributed by atoms with Crippen LogP contribution in [0.15, 0.2) is 98.2 Å². The van der Waals surface area contributed by atoms with Gasteiger partial charge in [0, 0.05) is 23.6 Å². The summed E-state index contributed by atoms with van der Waals surface area (Å²) in [5, 5.41) is 8.16. The molecule has 0 aliphatic heterocycles. The lowest BCUT2D eigenvalue weighted by molar-refractivity contribution is 0.269. The quantitative estimate of drug-likeness (QED) is 0.144. The Balaban J connectivity index is 1.11. The maximum absolute atomic E-state index is 6.12. The minimum absolute atomic E-state index is 0.172. The van der Waals surface area contributed by atoms with E-state index in [0.717, 1.165) is 35.4 Å².